The van der Waals surface area contributed by atoms with Gasteiger partial charge in [0.05, 0.1) is 0 Å². The maximum absolute atomic E-state index is 9.98. The van der Waals surface area contributed by atoms with Gasteiger partial charge in [0.1, 0.15) is 6.29 Å². The Kier molecular flexibility index (Phi) is 8.69. The SMILES string of the molecule is CNCCC(C)C=O.Cc1ccccc1. The lowest BCUT2D eigenvalue weighted by atomic mass is 10.1. The van der Waals surface area contributed by atoms with Gasteiger partial charge in [0.15, 0.2) is 0 Å². The Bertz CT molecular complexity index is 246. The molecule has 15 heavy (non-hydrogen) atoms. The number of rotatable bonds is 4. The van der Waals surface area contributed by atoms with Crippen molar-refractivity contribution in [1.29, 1.82) is 0 Å². The zero-order valence-corrected chi connectivity index (χ0v) is 9.86. The molecule has 0 amide bonds. The van der Waals surface area contributed by atoms with Crippen molar-refractivity contribution in [3.63, 3.8) is 0 Å². The summed E-state index contributed by atoms with van der Waals surface area (Å²) >= 11 is 0. The molecule has 0 bridgehead atoms. The quantitative estimate of drug-likeness (QED) is 0.768. The van der Waals surface area contributed by atoms with E-state index in [2.05, 4.69) is 24.4 Å². The van der Waals surface area contributed by atoms with Gasteiger partial charge in [-0.05, 0) is 26.9 Å². The molecule has 0 heterocycles. The monoisotopic (exact) mass is 207 g/mol. The van der Waals surface area contributed by atoms with Crippen molar-refractivity contribution in [3.8, 4) is 0 Å². The molecule has 0 aliphatic heterocycles. The Balaban J connectivity index is 0.000000262. The van der Waals surface area contributed by atoms with Crippen LogP contribution >= 0.6 is 0 Å². The molecule has 0 aromatic heterocycles. The lowest BCUT2D eigenvalue weighted by Crippen LogP contribution is -2.11. The maximum Gasteiger partial charge on any atom is 0.122 e. The molecular weight excluding hydrogens is 186 g/mol. The van der Waals surface area contributed by atoms with Crippen LogP contribution in [-0.4, -0.2) is 19.9 Å². The predicted molar refractivity (Wildman–Crippen MR) is 65.0 cm³/mol. The van der Waals surface area contributed by atoms with E-state index in [1.807, 2.05) is 32.2 Å². The highest BCUT2D eigenvalue weighted by atomic mass is 16.1. The second-order valence-corrected chi connectivity index (χ2v) is 3.66. The topological polar surface area (TPSA) is 29.1 Å². The van der Waals surface area contributed by atoms with Crippen molar-refractivity contribution < 1.29 is 4.79 Å². The van der Waals surface area contributed by atoms with E-state index in [1.54, 1.807) is 0 Å². The van der Waals surface area contributed by atoms with Crippen molar-refractivity contribution >= 4 is 6.29 Å². The lowest BCUT2D eigenvalue weighted by Gasteiger charge is -1.99. The molecule has 0 fully saturated rings. The summed E-state index contributed by atoms with van der Waals surface area (Å²) in [5.74, 6) is 0.211. The van der Waals surface area contributed by atoms with E-state index >= 15 is 0 Å². The van der Waals surface area contributed by atoms with E-state index in [0.717, 1.165) is 19.3 Å². The first-order valence-electron chi connectivity index (χ1n) is 5.32. The lowest BCUT2D eigenvalue weighted by molar-refractivity contribution is -0.110. The van der Waals surface area contributed by atoms with Crippen LogP contribution in [0.25, 0.3) is 0 Å². The minimum absolute atomic E-state index is 0.211. The first-order valence-corrected chi connectivity index (χ1v) is 5.32. The van der Waals surface area contributed by atoms with Crippen molar-refractivity contribution in [2.75, 3.05) is 13.6 Å². The number of nitrogens with one attached hydrogen (secondary N) is 1. The number of benzene rings is 1. The van der Waals surface area contributed by atoms with Gasteiger partial charge in [-0.1, -0.05) is 42.8 Å². The highest BCUT2D eigenvalue weighted by Crippen LogP contribution is 1.93. The molecule has 0 spiro atoms. The Labute approximate surface area is 92.7 Å². The summed E-state index contributed by atoms with van der Waals surface area (Å²) in [7, 11) is 1.89. The molecule has 0 saturated carbocycles. The van der Waals surface area contributed by atoms with Crippen LogP contribution in [0.2, 0.25) is 0 Å². The fourth-order valence-electron chi connectivity index (χ4n) is 0.974. The summed E-state index contributed by atoms with van der Waals surface area (Å²) in [6.45, 7) is 4.93. The molecule has 1 aromatic rings. The number of carbonyl (C=O) groups excluding carboxylic acids is 1. The molecule has 84 valence electrons. The van der Waals surface area contributed by atoms with Gasteiger partial charge < -0.3 is 10.1 Å². The summed E-state index contributed by atoms with van der Waals surface area (Å²) in [6, 6.07) is 10.3. The van der Waals surface area contributed by atoms with Crippen LogP contribution in [0.1, 0.15) is 18.9 Å². The van der Waals surface area contributed by atoms with E-state index in [9.17, 15) is 4.79 Å². The van der Waals surface area contributed by atoms with Crippen LogP contribution in [-0.2, 0) is 4.79 Å². The second kappa shape index (κ2) is 9.41. The van der Waals surface area contributed by atoms with E-state index in [1.165, 1.54) is 5.56 Å². The molecule has 2 nitrogen and oxygen atoms in total. The molecule has 1 aromatic carbocycles. The molecule has 0 aliphatic carbocycles. The summed E-state index contributed by atoms with van der Waals surface area (Å²) in [4.78, 5) is 9.98. The minimum Gasteiger partial charge on any atom is -0.320 e. The minimum atomic E-state index is 0.211. The summed E-state index contributed by atoms with van der Waals surface area (Å²) in [5, 5.41) is 2.97. The third-order valence-corrected chi connectivity index (χ3v) is 2.02. The third kappa shape index (κ3) is 9.16. The standard InChI is InChI=1S/C7H8.C6H13NO/c1-7-5-3-2-4-6-7;1-6(5-8)3-4-7-2/h2-6H,1H3;5-7H,3-4H2,1-2H3. The number of aldehydes is 1. The summed E-state index contributed by atoms with van der Waals surface area (Å²) < 4.78 is 0. The molecule has 1 N–H and O–H groups in total. The average molecular weight is 207 g/mol. The van der Waals surface area contributed by atoms with Gasteiger partial charge >= 0.3 is 0 Å². The highest BCUT2D eigenvalue weighted by Gasteiger charge is 1.95. The van der Waals surface area contributed by atoms with Gasteiger partial charge in [-0.15, -0.1) is 0 Å². The van der Waals surface area contributed by atoms with Crippen LogP contribution in [0.3, 0.4) is 0 Å². The van der Waals surface area contributed by atoms with Gasteiger partial charge in [0, 0.05) is 5.92 Å². The van der Waals surface area contributed by atoms with Gasteiger partial charge in [-0.3, -0.25) is 0 Å². The van der Waals surface area contributed by atoms with E-state index < -0.39 is 0 Å². The van der Waals surface area contributed by atoms with Crippen molar-refractivity contribution in [2.24, 2.45) is 5.92 Å². The number of hydrogen-bond donors (Lipinski definition) is 1. The molecule has 1 unspecified atom stereocenters. The molecule has 2 heteroatoms. The Morgan fingerprint density at radius 2 is 1.93 bits per heavy atom. The number of carbonyl (C=O) groups is 1. The fourth-order valence-corrected chi connectivity index (χ4v) is 0.974. The van der Waals surface area contributed by atoms with Crippen LogP contribution in [0, 0.1) is 12.8 Å². The Morgan fingerprint density at radius 3 is 2.27 bits per heavy atom. The average Bonchev–Trinajstić information content (AvgIpc) is 2.28. The maximum atomic E-state index is 9.98. The summed E-state index contributed by atoms with van der Waals surface area (Å²) in [5.41, 5.74) is 1.32. The van der Waals surface area contributed by atoms with Gasteiger partial charge in [-0.25, -0.2) is 0 Å². The van der Waals surface area contributed by atoms with Gasteiger partial charge in [0.2, 0.25) is 0 Å². The van der Waals surface area contributed by atoms with Crippen LogP contribution in [0.5, 0.6) is 0 Å². The molecule has 0 aliphatic rings. The molecule has 1 atom stereocenters. The van der Waals surface area contributed by atoms with Crippen molar-refractivity contribution in [1.82, 2.24) is 5.32 Å². The molecule has 1 rings (SSSR count). The third-order valence-electron chi connectivity index (χ3n) is 2.02. The van der Waals surface area contributed by atoms with E-state index in [0.29, 0.717) is 0 Å². The van der Waals surface area contributed by atoms with Gasteiger partial charge in [-0.2, -0.15) is 0 Å². The van der Waals surface area contributed by atoms with Crippen LogP contribution < -0.4 is 5.32 Å². The normalized spacial score (nSPS) is 11.1. The second-order valence-electron chi connectivity index (χ2n) is 3.66. The fraction of sp³-hybridized carbons (Fsp3) is 0.462. The number of hydrogen-bond acceptors (Lipinski definition) is 2. The largest absolute Gasteiger partial charge is 0.320 e. The molecule has 0 saturated heterocycles. The van der Waals surface area contributed by atoms with Crippen LogP contribution in [0.4, 0.5) is 0 Å². The van der Waals surface area contributed by atoms with E-state index in [4.69, 9.17) is 0 Å². The smallest absolute Gasteiger partial charge is 0.122 e. The summed E-state index contributed by atoms with van der Waals surface area (Å²) in [6.07, 6.45) is 1.93. The van der Waals surface area contributed by atoms with E-state index in [-0.39, 0.29) is 5.92 Å². The van der Waals surface area contributed by atoms with Crippen molar-refractivity contribution in [3.05, 3.63) is 35.9 Å². The van der Waals surface area contributed by atoms with Crippen molar-refractivity contribution in [2.45, 2.75) is 20.3 Å². The zero-order valence-electron chi connectivity index (χ0n) is 9.86. The zero-order chi connectivity index (χ0) is 11.5. The Hall–Kier alpha value is -1.15. The van der Waals surface area contributed by atoms with Gasteiger partial charge in [0.25, 0.3) is 0 Å². The first-order chi connectivity index (χ1) is 7.20. The van der Waals surface area contributed by atoms with Crippen LogP contribution in [0.15, 0.2) is 30.3 Å². The molecular formula is C13H21NO. The molecule has 0 radical (unpaired) electrons. The Morgan fingerprint density at radius 1 is 1.33 bits per heavy atom. The number of aryl methyl sites for hydroxylation is 1. The first kappa shape index (κ1) is 13.8. The highest BCUT2D eigenvalue weighted by molar-refractivity contribution is 5.52. The predicted octanol–water partition coefficient (Wildman–Crippen LogP) is 2.43.